The molecule has 0 aromatic heterocycles. The molecule has 9 heteroatoms. The molecule has 150 valence electrons. The van der Waals surface area contributed by atoms with E-state index in [2.05, 4.69) is 10.6 Å². The Morgan fingerprint density at radius 3 is 1.72 bits per heavy atom. The van der Waals surface area contributed by atoms with Gasteiger partial charge in [0.1, 0.15) is 6.17 Å². The second kappa shape index (κ2) is 19.5. The number of rotatable bonds is 19. The number of hydrogen-bond acceptors (Lipinski definition) is 7. The molecule has 0 aromatic rings. The maximum atomic E-state index is 13.2. The predicted molar refractivity (Wildman–Crippen MR) is 91.6 cm³/mol. The zero-order valence-electron chi connectivity index (χ0n) is 15.4. The number of halogens is 1. The van der Waals surface area contributed by atoms with Gasteiger partial charge >= 0.3 is 0 Å². The van der Waals surface area contributed by atoms with Crippen molar-refractivity contribution in [3.05, 3.63) is 0 Å². The van der Waals surface area contributed by atoms with Crippen molar-refractivity contribution in [2.75, 3.05) is 86.2 Å². The van der Waals surface area contributed by atoms with E-state index in [1.54, 1.807) is 0 Å². The van der Waals surface area contributed by atoms with Crippen LogP contribution in [0.2, 0.25) is 0 Å². The summed E-state index contributed by atoms with van der Waals surface area (Å²) >= 11 is 0. The fourth-order valence-electron chi connectivity index (χ4n) is 1.58. The van der Waals surface area contributed by atoms with Gasteiger partial charge in [-0.05, 0) is 7.05 Å². The second-order valence-electron chi connectivity index (χ2n) is 5.16. The number of amides is 1. The Labute approximate surface area is 149 Å². The van der Waals surface area contributed by atoms with Crippen LogP contribution in [0.25, 0.3) is 0 Å². The van der Waals surface area contributed by atoms with E-state index in [1.165, 1.54) is 6.92 Å². The Balaban J connectivity index is 3.08. The third kappa shape index (κ3) is 21.1. The van der Waals surface area contributed by atoms with Crippen LogP contribution in [0.3, 0.4) is 0 Å². The molecule has 0 rings (SSSR count). The fraction of sp³-hybridized carbons (Fsp3) is 0.938. The molecule has 0 radical (unpaired) electrons. The van der Waals surface area contributed by atoms with Crippen LogP contribution in [0, 0.1) is 0 Å². The molecule has 0 saturated heterocycles. The molecule has 0 aliphatic carbocycles. The van der Waals surface area contributed by atoms with E-state index in [-0.39, 0.29) is 19.1 Å². The molecule has 0 bridgehead atoms. The first-order chi connectivity index (χ1) is 12.2. The number of likely N-dealkylation sites (N-methyl/N-ethyl adjacent to an activating group) is 1. The molecule has 1 amide bonds. The van der Waals surface area contributed by atoms with Crippen molar-refractivity contribution >= 4 is 5.91 Å². The van der Waals surface area contributed by atoms with Crippen molar-refractivity contribution < 1.29 is 32.9 Å². The van der Waals surface area contributed by atoms with Crippen molar-refractivity contribution in [1.29, 1.82) is 0 Å². The van der Waals surface area contributed by atoms with E-state index in [4.69, 9.17) is 23.7 Å². The highest BCUT2D eigenvalue weighted by atomic mass is 19.1. The standard InChI is InChI=1S/C16H33FN2O6/c1-15(20)19-13-16(17)14-25-12-11-24-10-9-23-8-7-22-6-5-21-4-3-18-2/h16,18H,3-14H2,1-2H3,(H,19,20). The summed E-state index contributed by atoms with van der Waals surface area (Å²) < 4.78 is 39.6. The van der Waals surface area contributed by atoms with Crippen LogP contribution in [0.15, 0.2) is 0 Å². The van der Waals surface area contributed by atoms with Crippen LogP contribution in [0.4, 0.5) is 4.39 Å². The summed E-state index contributed by atoms with van der Waals surface area (Å²) in [5.41, 5.74) is 0. The molecule has 0 aliphatic heterocycles. The lowest BCUT2D eigenvalue weighted by Crippen LogP contribution is -2.30. The normalized spacial score (nSPS) is 12.3. The Hall–Kier alpha value is -0.840. The molecule has 8 nitrogen and oxygen atoms in total. The van der Waals surface area contributed by atoms with Crippen molar-refractivity contribution in [1.82, 2.24) is 10.6 Å². The van der Waals surface area contributed by atoms with Gasteiger partial charge in [0.05, 0.1) is 72.6 Å². The average Bonchev–Trinajstić information content (AvgIpc) is 2.59. The zero-order chi connectivity index (χ0) is 18.6. The molecule has 0 aromatic carbocycles. The van der Waals surface area contributed by atoms with Crippen LogP contribution >= 0.6 is 0 Å². The Bertz CT molecular complexity index is 300. The highest BCUT2D eigenvalue weighted by molar-refractivity contribution is 5.72. The molecular weight excluding hydrogens is 335 g/mol. The Kier molecular flexibility index (Phi) is 18.8. The topological polar surface area (TPSA) is 87.3 Å². The molecule has 1 unspecified atom stereocenters. The van der Waals surface area contributed by atoms with E-state index in [0.717, 1.165) is 6.54 Å². The van der Waals surface area contributed by atoms with Crippen LogP contribution in [0.5, 0.6) is 0 Å². The number of hydrogen-bond donors (Lipinski definition) is 2. The lowest BCUT2D eigenvalue weighted by atomic mass is 10.4. The summed E-state index contributed by atoms with van der Waals surface area (Å²) in [4.78, 5) is 10.6. The quantitative estimate of drug-likeness (QED) is 0.304. The molecule has 25 heavy (non-hydrogen) atoms. The van der Waals surface area contributed by atoms with Crippen LogP contribution in [0.1, 0.15) is 6.92 Å². The van der Waals surface area contributed by atoms with Crippen LogP contribution in [-0.2, 0) is 28.5 Å². The molecule has 0 saturated carbocycles. The molecule has 1 atom stereocenters. The minimum Gasteiger partial charge on any atom is -0.378 e. The van der Waals surface area contributed by atoms with Gasteiger partial charge in [0.15, 0.2) is 0 Å². The molecular formula is C16H33FN2O6. The van der Waals surface area contributed by atoms with Crippen molar-refractivity contribution in [3.63, 3.8) is 0 Å². The second-order valence-corrected chi connectivity index (χ2v) is 5.16. The Morgan fingerprint density at radius 2 is 1.28 bits per heavy atom. The highest BCUT2D eigenvalue weighted by Crippen LogP contribution is 1.91. The molecule has 0 spiro atoms. The minimum atomic E-state index is -1.21. The predicted octanol–water partition coefficient (Wildman–Crippen LogP) is -0.237. The smallest absolute Gasteiger partial charge is 0.216 e. The molecule has 0 aliphatic rings. The average molecular weight is 368 g/mol. The van der Waals surface area contributed by atoms with E-state index in [0.29, 0.717) is 59.5 Å². The van der Waals surface area contributed by atoms with Gasteiger partial charge in [0.25, 0.3) is 0 Å². The van der Waals surface area contributed by atoms with Gasteiger partial charge in [0, 0.05) is 13.5 Å². The lowest BCUT2D eigenvalue weighted by Gasteiger charge is -2.10. The number of nitrogens with one attached hydrogen (secondary N) is 2. The van der Waals surface area contributed by atoms with Gasteiger partial charge in [-0.3, -0.25) is 4.79 Å². The van der Waals surface area contributed by atoms with Gasteiger partial charge in [-0.2, -0.15) is 0 Å². The number of ether oxygens (including phenoxy) is 5. The summed E-state index contributed by atoms with van der Waals surface area (Å²) in [6.07, 6.45) is -1.21. The summed E-state index contributed by atoms with van der Waals surface area (Å²) in [5.74, 6) is -0.255. The first kappa shape index (κ1) is 24.2. The summed E-state index contributed by atoms with van der Waals surface area (Å²) in [7, 11) is 1.88. The minimum absolute atomic E-state index is 0.0336. The van der Waals surface area contributed by atoms with Gasteiger partial charge in [-0.15, -0.1) is 0 Å². The largest absolute Gasteiger partial charge is 0.378 e. The first-order valence-electron chi connectivity index (χ1n) is 8.58. The summed E-state index contributed by atoms with van der Waals surface area (Å²) in [6, 6.07) is 0. The number of alkyl halides is 1. The first-order valence-corrected chi connectivity index (χ1v) is 8.58. The number of carbonyl (C=O) groups excluding carboxylic acids is 1. The van der Waals surface area contributed by atoms with Crippen molar-refractivity contribution in [3.8, 4) is 0 Å². The molecule has 0 heterocycles. The summed E-state index contributed by atoms with van der Waals surface area (Å²) in [5, 5.41) is 5.38. The summed E-state index contributed by atoms with van der Waals surface area (Å²) in [6.45, 7) is 6.51. The van der Waals surface area contributed by atoms with E-state index < -0.39 is 6.17 Å². The van der Waals surface area contributed by atoms with Gasteiger partial charge in [0.2, 0.25) is 5.91 Å². The van der Waals surface area contributed by atoms with Crippen molar-refractivity contribution in [2.45, 2.75) is 13.1 Å². The van der Waals surface area contributed by atoms with E-state index in [9.17, 15) is 9.18 Å². The SMILES string of the molecule is CNCCOCCOCCOCCOCCOCC(F)CNC(C)=O. The zero-order valence-corrected chi connectivity index (χ0v) is 15.4. The third-order valence-corrected chi connectivity index (χ3v) is 2.86. The maximum Gasteiger partial charge on any atom is 0.216 e. The Morgan fingerprint density at radius 1 is 0.840 bits per heavy atom. The molecule has 0 fully saturated rings. The molecule has 2 N–H and O–H groups in total. The third-order valence-electron chi connectivity index (χ3n) is 2.86. The van der Waals surface area contributed by atoms with Crippen molar-refractivity contribution in [2.24, 2.45) is 0 Å². The van der Waals surface area contributed by atoms with E-state index in [1.807, 2.05) is 7.05 Å². The van der Waals surface area contributed by atoms with Crippen LogP contribution < -0.4 is 10.6 Å². The van der Waals surface area contributed by atoms with Gasteiger partial charge in [-0.1, -0.05) is 0 Å². The maximum absolute atomic E-state index is 13.2. The van der Waals surface area contributed by atoms with Gasteiger partial charge < -0.3 is 34.3 Å². The van der Waals surface area contributed by atoms with Crippen LogP contribution in [-0.4, -0.2) is 98.3 Å². The lowest BCUT2D eigenvalue weighted by molar-refractivity contribution is -0.119. The number of carbonyl (C=O) groups is 1. The monoisotopic (exact) mass is 368 g/mol. The van der Waals surface area contributed by atoms with E-state index >= 15 is 0 Å². The fourth-order valence-corrected chi connectivity index (χ4v) is 1.58. The highest BCUT2D eigenvalue weighted by Gasteiger charge is 2.06. The van der Waals surface area contributed by atoms with Gasteiger partial charge in [-0.25, -0.2) is 4.39 Å².